The third-order valence-electron chi connectivity index (χ3n) is 3.49. The number of rotatable bonds is 8. The van der Waals surface area contributed by atoms with Gasteiger partial charge in [0.2, 0.25) is 0 Å². The van der Waals surface area contributed by atoms with Gasteiger partial charge in [0.05, 0.1) is 12.0 Å². The number of unbranched alkanes of at least 4 members (excludes halogenated alkanes) is 2. The van der Waals surface area contributed by atoms with E-state index in [1.807, 2.05) is 6.92 Å². The lowest BCUT2D eigenvalue weighted by Gasteiger charge is -2.08. The smallest absolute Gasteiger partial charge is 0.306 e. The number of aliphatic hydroxyl groups is 1. The van der Waals surface area contributed by atoms with Crippen LogP contribution in [0.4, 0.5) is 0 Å². The molecule has 2 atom stereocenters. The Morgan fingerprint density at radius 1 is 1.44 bits per heavy atom. The Kier molecular flexibility index (Phi) is 6.05. The predicted molar refractivity (Wildman–Crippen MR) is 68.2 cm³/mol. The van der Waals surface area contributed by atoms with Crippen molar-refractivity contribution in [3.8, 4) is 0 Å². The Labute approximate surface area is 108 Å². The molecule has 0 aliphatic heterocycles. The third-order valence-corrected chi connectivity index (χ3v) is 3.49. The first-order valence-electron chi connectivity index (χ1n) is 6.69. The summed E-state index contributed by atoms with van der Waals surface area (Å²) in [5, 5.41) is 18.2. The predicted octanol–water partition coefficient (Wildman–Crippen LogP) is 2.31. The van der Waals surface area contributed by atoms with Crippen molar-refractivity contribution < 1.29 is 19.8 Å². The van der Waals surface area contributed by atoms with Gasteiger partial charge in [0, 0.05) is 6.42 Å². The number of allylic oxidation sites excluding steroid dienone is 1. The maximum atomic E-state index is 11.4. The van der Waals surface area contributed by atoms with Crippen LogP contribution in [-0.2, 0) is 9.59 Å². The largest absolute Gasteiger partial charge is 0.481 e. The first-order valence-corrected chi connectivity index (χ1v) is 6.69. The molecular weight excluding hydrogens is 232 g/mol. The second-order valence-corrected chi connectivity index (χ2v) is 4.93. The van der Waals surface area contributed by atoms with E-state index in [4.69, 9.17) is 5.11 Å². The van der Waals surface area contributed by atoms with E-state index in [1.165, 1.54) is 0 Å². The van der Waals surface area contributed by atoms with Gasteiger partial charge in [-0.1, -0.05) is 19.8 Å². The minimum absolute atomic E-state index is 0.0551. The third kappa shape index (κ3) is 4.61. The molecule has 2 N–H and O–H groups in total. The molecule has 1 aliphatic rings. The second-order valence-electron chi connectivity index (χ2n) is 4.93. The average Bonchev–Trinajstić information content (AvgIpc) is 2.62. The maximum absolute atomic E-state index is 11.4. The highest BCUT2D eigenvalue weighted by Gasteiger charge is 2.21. The van der Waals surface area contributed by atoms with Gasteiger partial charge in [0.15, 0.2) is 5.78 Å². The highest BCUT2D eigenvalue weighted by Crippen LogP contribution is 2.21. The lowest BCUT2D eigenvalue weighted by molar-refractivity contribution is -0.142. The Balaban J connectivity index is 2.14. The Morgan fingerprint density at radius 3 is 2.67 bits per heavy atom. The van der Waals surface area contributed by atoms with E-state index in [0.29, 0.717) is 19.3 Å². The van der Waals surface area contributed by atoms with Crippen LogP contribution in [-0.4, -0.2) is 28.1 Å². The highest BCUT2D eigenvalue weighted by molar-refractivity contribution is 5.98. The van der Waals surface area contributed by atoms with Gasteiger partial charge in [-0.3, -0.25) is 9.59 Å². The number of aliphatic hydroxyl groups excluding tert-OH is 1. The second kappa shape index (κ2) is 7.31. The molecule has 4 nitrogen and oxygen atoms in total. The summed E-state index contributed by atoms with van der Waals surface area (Å²) < 4.78 is 0. The Morgan fingerprint density at radius 2 is 2.17 bits per heavy atom. The molecule has 0 spiro atoms. The summed E-state index contributed by atoms with van der Waals surface area (Å²) in [4.78, 5) is 22.2. The van der Waals surface area contributed by atoms with E-state index in [-0.39, 0.29) is 18.1 Å². The molecule has 0 saturated heterocycles. The molecule has 0 aromatic carbocycles. The number of carbonyl (C=O) groups is 2. The summed E-state index contributed by atoms with van der Waals surface area (Å²) in [5.41, 5.74) is 0.743. The van der Waals surface area contributed by atoms with Crippen LogP contribution in [0.1, 0.15) is 51.9 Å². The van der Waals surface area contributed by atoms with Gasteiger partial charge in [0.1, 0.15) is 0 Å². The number of carboxylic acids is 1. The number of carbonyl (C=O) groups excluding carboxylic acids is 1. The van der Waals surface area contributed by atoms with E-state index < -0.39 is 12.1 Å². The van der Waals surface area contributed by atoms with Crippen molar-refractivity contribution >= 4 is 11.8 Å². The van der Waals surface area contributed by atoms with Crippen LogP contribution < -0.4 is 0 Å². The van der Waals surface area contributed by atoms with Gasteiger partial charge in [-0.2, -0.15) is 0 Å². The molecule has 0 bridgehead atoms. The molecule has 1 rings (SSSR count). The van der Waals surface area contributed by atoms with E-state index in [0.717, 1.165) is 24.8 Å². The zero-order valence-corrected chi connectivity index (χ0v) is 10.9. The molecule has 0 heterocycles. The fourth-order valence-corrected chi connectivity index (χ4v) is 2.31. The normalized spacial score (nSPS) is 20.9. The summed E-state index contributed by atoms with van der Waals surface area (Å²) >= 11 is 0. The summed E-state index contributed by atoms with van der Waals surface area (Å²) in [7, 11) is 0. The van der Waals surface area contributed by atoms with Gasteiger partial charge >= 0.3 is 5.97 Å². The summed E-state index contributed by atoms with van der Waals surface area (Å²) in [6.07, 6.45) is 6.08. The molecule has 0 aromatic heterocycles. The molecule has 0 radical (unpaired) electrons. The first kappa shape index (κ1) is 14.9. The van der Waals surface area contributed by atoms with E-state index >= 15 is 0 Å². The molecular formula is C14H22O4. The highest BCUT2D eigenvalue weighted by atomic mass is 16.4. The van der Waals surface area contributed by atoms with Crippen LogP contribution >= 0.6 is 0 Å². The topological polar surface area (TPSA) is 74.6 Å². The molecule has 2 unspecified atom stereocenters. The van der Waals surface area contributed by atoms with Crippen molar-refractivity contribution in [1.82, 2.24) is 0 Å². The zero-order valence-electron chi connectivity index (χ0n) is 10.9. The number of hydrogen-bond donors (Lipinski definition) is 2. The molecule has 1 aliphatic carbocycles. The molecule has 102 valence electrons. The van der Waals surface area contributed by atoms with Crippen molar-refractivity contribution in [3.05, 3.63) is 11.6 Å². The minimum atomic E-state index is -0.714. The van der Waals surface area contributed by atoms with Crippen LogP contribution in [0.2, 0.25) is 0 Å². The monoisotopic (exact) mass is 254 g/mol. The number of aliphatic carboxylic acids is 1. The maximum Gasteiger partial charge on any atom is 0.306 e. The van der Waals surface area contributed by atoms with Gasteiger partial charge in [0.25, 0.3) is 0 Å². The quantitative estimate of drug-likeness (QED) is 0.652. The molecule has 18 heavy (non-hydrogen) atoms. The number of ketones is 1. The molecule has 0 fully saturated rings. The molecule has 0 amide bonds. The van der Waals surface area contributed by atoms with Gasteiger partial charge < -0.3 is 10.2 Å². The number of hydrogen-bond acceptors (Lipinski definition) is 3. The average molecular weight is 254 g/mol. The van der Waals surface area contributed by atoms with Crippen molar-refractivity contribution in [3.63, 3.8) is 0 Å². The van der Waals surface area contributed by atoms with Crippen LogP contribution in [0.5, 0.6) is 0 Å². The van der Waals surface area contributed by atoms with Crippen LogP contribution in [0.15, 0.2) is 11.6 Å². The Hall–Kier alpha value is -1.16. The van der Waals surface area contributed by atoms with Gasteiger partial charge in [-0.15, -0.1) is 0 Å². The lowest BCUT2D eigenvalue weighted by atomic mass is 9.97. The van der Waals surface area contributed by atoms with Crippen molar-refractivity contribution in [2.45, 2.75) is 58.0 Å². The molecule has 0 saturated carbocycles. The SMILES string of the molecule is CCC(CCCCCC1=CC(O)CC1=O)C(=O)O. The Bertz CT molecular complexity index is 333. The summed E-state index contributed by atoms with van der Waals surface area (Å²) in [5.74, 6) is -0.895. The van der Waals surface area contributed by atoms with Crippen LogP contribution in [0.3, 0.4) is 0 Å². The first-order chi connectivity index (χ1) is 8.54. The van der Waals surface area contributed by atoms with E-state index in [9.17, 15) is 14.7 Å². The summed E-state index contributed by atoms with van der Waals surface area (Å²) in [6, 6.07) is 0. The van der Waals surface area contributed by atoms with Crippen molar-refractivity contribution in [2.24, 2.45) is 5.92 Å². The van der Waals surface area contributed by atoms with Crippen molar-refractivity contribution in [2.75, 3.05) is 0 Å². The molecule has 0 aromatic rings. The fraction of sp³-hybridized carbons (Fsp3) is 0.714. The minimum Gasteiger partial charge on any atom is -0.481 e. The van der Waals surface area contributed by atoms with Crippen molar-refractivity contribution in [1.29, 1.82) is 0 Å². The van der Waals surface area contributed by atoms with E-state index in [2.05, 4.69) is 0 Å². The number of Topliss-reactive ketones (excluding diaryl/α,β-unsaturated/α-hetero) is 1. The van der Waals surface area contributed by atoms with E-state index in [1.54, 1.807) is 6.08 Å². The standard InChI is InChI=1S/C14H22O4/c1-2-10(14(17)18)6-4-3-5-7-11-8-12(15)9-13(11)16/h8,10,12,15H,2-7,9H2,1H3,(H,17,18). The lowest BCUT2D eigenvalue weighted by Crippen LogP contribution is -2.12. The number of carboxylic acid groups (broad SMARTS) is 1. The van der Waals surface area contributed by atoms with Crippen LogP contribution in [0, 0.1) is 5.92 Å². The molecule has 4 heteroatoms. The summed E-state index contributed by atoms with van der Waals surface area (Å²) in [6.45, 7) is 1.89. The fourth-order valence-electron chi connectivity index (χ4n) is 2.31. The van der Waals surface area contributed by atoms with Gasteiger partial charge in [-0.05, 0) is 37.3 Å². The van der Waals surface area contributed by atoms with Crippen LogP contribution in [0.25, 0.3) is 0 Å². The zero-order chi connectivity index (χ0) is 13.5. The van der Waals surface area contributed by atoms with Gasteiger partial charge in [-0.25, -0.2) is 0 Å².